The molecule has 1 fully saturated rings. The fraction of sp³-hybridized carbons (Fsp3) is 0.571. The maximum absolute atomic E-state index is 10.5. The van der Waals surface area contributed by atoms with Crippen LogP contribution in [0.4, 0.5) is 0 Å². The van der Waals surface area contributed by atoms with E-state index in [1.165, 1.54) is 12.8 Å². The van der Waals surface area contributed by atoms with Crippen LogP contribution in [0.3, 0.4) is 0 Å². The highest BCUT2D eigenvalue weighted by atomic mass is 16.5. The summed E-state index contributed by atoms with van der Waals surface area (Å²) >= 11 is 0. The maximum atomic E-state index is 10.5. The van der Waals surface area contributed by atoms with Crippen LogP contribution in [0.2, 0.25) is 0 Å². The van der Waals surface area contributed by atoms with E-state index in [1.807, 2.05) is 0 Å². The van der Waals surface area contributed by atoms with Gasteiger partial charge in [0.05, 0.1) is 0 Å². The number of nitrogens with zero attached hydrogens (tertiary/aromatic N) is 2. The highest BCUT2D eigenvalue weighted by Crippen LogP contribution is 2.31. The van der Waals surface area contributed by atoms with E-state index in [2.05, 4.69) is 14.7 Å². The number of carbonyl (C=O) groups is 1. The molecule has 0 atom stereocenters. The van der Waals surface area contributed by atoms with Crippen molar-refractivity contribution in [1.29, 1.82) is 0 Å². The van der Waals surface area contributed by atoms with E-state index in [-0.39, 0.29) is 5.89 Å². The lowest BCUT2D eigenvalue weighted by molar-refractivity contribution is 0.0958. The van der Waals surface area contributed by atoms with Gasteiger partial charge in [-0.25, -0.2) is 0 Å². The minimum absolute atomic E-state index is 0.0920. The van der Waals surface area contributed by atoms with E-state index in [1.54, 1.807) is 0 Å². The Morgan fingerprint density at radius 2 is 2.42 bits per heavy atom. The fourth-order valence-electron chi connectivity index (χ4n) is 1.02. The minimum atomic E-state index is -0.662. The first-order valence-electron chi connectivity index (χ1n) is 3.88. The number of hydrogen-bond donors (Lipinski definition) is 1. The second kappa shape index (κ2) is 2.58. The largest absolute Gasteiger partial charge is 0.361 e. The molecule has 2 N–H and O–H groups in total. The molecule has 1 heterocycles. The van der Waals surface area contributed by atoms with Crippen molar-refractivity contribution in [3.05, 3.63) is 11.7 Å². The summed E-state index contributed by atoms with van der Waals surface area (Å²) in [5.41, 5.74) is 4.94. The molecule has 1 amide bonds. The van der Waals surface area contributed by atoms with Crippen molar-refractivity contribution >= 4 is 5.91 Å². The Labute approximate surface area is 68.9 Å². The van der Waals surface area contributed by atoms with Crippen LogP contribution in [-0.2, 0) is 6.42 Å². The second-order valence-corrected chi connectivity index (χ2v) is 3.03. The zero-order valence-corrected chi connectivity index (χ0v) is 6.49. The van der Waals surface area contributed by atoms with Gasteiger partial charge in [0.25, 0.3) is 0 Å². The molecule has 1 aliphatic carbocycles. The molecule has 1 saturated carbocycles. The van der Waals surface area contributed by atoms with Crippen molar-refractivity contribution in [1.82, 2.24) is 10.1 Å². The highest BCUT2D eigenvalue weighted by Gasteiger charge is 2.24. The summed E-state index contributed by atoms with van der Waals surface area (Å²) in [6, 6.07) is 0. The summed E-state index contributed by atoms with van der Waals surface area (Å²) in [4.78, 5) is 14.4. The van der Waals surface area contributed by atoms with Crippen LogP contribution >= 0.6 is 0 Å². The van der Waals surface area contributed by atoms with Gasteiger partial charge in [-0.3, -0.25) is 4.79 Å². The van der Waals surface area contributed by atoms with E-state index < -0.39 is 5.91 Å². The van der Waals surface area contributed by atoms with E-state index in [4.69, 9.17) is 5.73 Å². The van der Waals surface area contributed by atoms with Crippen molar-refractivity contribution in [3.63, 3.8) is 0 Å². The zero-order chi connectivity index (χ0) is 8.55. The van der Waals surface area contributed by atoms with Gasteiger partial charge in [0, 0.05) is 6.42 Å². The molecule has 0 aromatic carbocycles. The van der Waals surface area contributed by atoms with Crippen LogP contribution in [0.5, 0.6) is 0 Å². The first-order valence-corrected chi connectivity index (χ1v) is 3.88. The molecule has 0 unspecified atom stereocenters. The third kappa shape index (κ3) is 1.44. The van der Waals surface area contributed by atoms with Crippen LogP contribution in [0.15, 0.2) is 4.52 Å². The summed E-state index contributed by atoms with van der Waals surface area (Å²) in [7, 11) is 0. The molecular formula is C7H9N3O2. The minimum Gasteiger partial charge on any atom is -0.361 e. The Bertz CT molecular complexity index is 303. The molecule has 0 aliphatic heterocycles. The van der Waals surface area contributed by atoms with Gasteiger partial charge >= 0.3 is 11.8 Å². The van der Waals surface area contributed by atoms with Crippen LogP contribution in [0, 0.1) is 5.92 Å². The number of carbonyl (C=O) groups excluding carboxylic acids is 1. The highest BCUT2D eigenvalue weighted by molar-refractivity contribution is 5.87. The summed E-state index contributed by atoms with van der Waals surface area (Å²) in [5.74, 6) is 0.518. The van der Waals surface area contributed by atoms with Gasteiger partial charge in [-0.2, -0.15) is 4.98 Å². The molecule has 5 nitrogen and oxygen atoms in total. The standard InChI is InChI=1S/C7H9N3O2/c8-6(11)7-9-5(10-12-7)3-4-1-2-4/h4H,1-3H2,(H2,8,11). The van der Waals surface area contributed by atoms with Gasteiger partial charge < -0.3 is 10.3 Å². The SMILES string of the molecule is NC(=O)c1nc(CC2CC2)no1. The third-order valence-electron chi connectivity index (χ3n) is 1.85. The lowest BCUT2D eigenvalue weighted by atomic mass is 10.3. The van der Waals surface area contributed by atoms with Crippen LogP contribution in [-0.4, -0.2) is 16.0 Å². The van der Waals surface area contributed by atoms with Crippen molar-refractivity contribution in [3.8, 4) is 0 Å². The van der Waals surface area contributed by atoms with Gasteiger partial charge in [-0.05, 0) is 18.8 Å². The lowest BCUT2D eigenvalue weighted by Gasteiger charge is -1.84. The Morgan fingerprint density at radius 3 is 2.92 bits per heavy atom. The number of primary amides is 1. The number of amides is 1. The molecule has 1 aliphatic rings. The van der Waals surface area contributed by atoms with E-state index >= 15 is 0 Å². The predicted octanol–water partition coefficient (Wildman–Crippen LogP) is 0.121. The van der Waals surface area contributed by atoms with Crippen LogP contribution in [0.25, 0.3) is 0 Å². The fourth-order valence-corrected chi connectivity index (χ4v) is 1.02. The number of rotatable bonds is 3. The third-order valence-corrected chi connectivity index (χ3v) is 1.85. The molecular weight excluding hydrogens is 158 g/mol. The summed E-state index contributed by atoms with van der Waals surface area (Å²) < 4.78 is 4.62. The Hall–Kier alpha value is -1.39. The Balaban J connectivity index is 2.06. The summed E-state index contributed by atoms with van der Waals surface area (Å²) in [5, 5.41) is 3.63. The van der Waals surface area contributed by atoms with Crippen LogP contribution < -0.4 is 5.73 Å². The van der Waals surface area contributed by atoms with Crippen molar-refractivity contribution in [2.45, 2.75) is 19.3 Å². The quantitative estimate of drug-likeness (QED) is 0.693. The van der Waals surface area contributed by atoms with Gasteiger partial charge in [0.1, 0.15) is 0 Å². The normalized spacial score (nSPS) is 16.3. The van der Waals surface area contributed by atoms with E-state index in [9.17, 15) is 4.79 Å². The molecule has 5 heteroatoms. The van der Waals surface area contributed by atoms with Crippen molar-refractivity contribution in [2.75, 3.05) is 0 Å². The lowest BCUT2D eigenvalue weighted by Crippen LogP contribution is -2.11. The molecule has 0 spiro atoms. The van der Waals surface area contributed by atoms with Crippen molar-refractivity contribution in [2.24, 2.45) is 11.7 Å². The number of aromatic nitrogens is 2. The topological polar surface area (TPSA) is 82.0 Å². The summed E-state index contributed by atoms with van der Waals surface area (Å²) in [6.45, 7) is 0. The molecule has 2 rings (SSSR count). The van der Waals surface area contributed by atoms with Gasteiger partial charge in [0.2, 0.25) is 0 Å². The second-order valence-electron chi connectivity index (χ2n) is 3.03. The van der Waals surface area contributed by atoms with Crippen LogP contribution in [0.1, 0.15) is 29.4 Å². The maximum Gasteiger partial charge on any atom is 0.315 e. The first-order chi connectivity index (χ1) is 5.75. The average molecular weight is 167 g/mol. The van der Waals surface area contributed by atoms with E-state index in [0.717, 1.165) is 6.42 Å². The molecule has 0 radical (unpaired) electrons. The Kier molecular flexibility index (Phi) is 1.56. The predicted molar refractivity (Wildman–Crippen MR) is 39.2 cm³/mol. The van der Waals surface area contributed by atoms with Gasteiger partial charge in [-0.15, -0.1) is 0 Å². The van der Waals surface area contributed by atoms with Crippen molar-refractivity contribution < 1.29 is 9.32 Å². The zero-order valence-electron chi connectivity index (χ0n) is 6.49. The number of nitrogens with two attached hydrogens (primary N) is 1. The van der Waals surface area contributed by atoms with Gasteiger partial charge in [0.15, 0.2) is 5.82 Å². The molecule has 1 aromatic heterocycles. The molecule has 1 aromatic rings. The summed E-state index contributed by atoms with van der Waals surface area (Å²) in [6.07, 6.45) is 3.25. The number of hydrogen-bond acceptors (Lipinski definition) is 4. The molecule has 0 bridgehead atoms. The first kappa shape index (κ1) is 7.27. The average Bonchev–Trinajstić information content (AvgIpc) is 2.66. The monoisotopic (exact) mass is 167 g/mol. The van der Waals surface area contributed by atoms with Gasteiger partial charge in [-0.1, -0.05) is 5.16 Å². The molecule has 64 valence electrons. The smallest absolute Gasteiger partial charge is 0.315 e. The Morgan fingerprint density at radius 1 is 1.67 bits per heavy atom. The molecule has 0 saturated heterocycles. The van der Waals surface area contributed by atoms with E-state index in [0.29, 0.717) is 11.7 Å². The molecule has 12 heavy (non-hydrogen) atoms.